The van der Waals surface area contributed by atoms with Crippen molar-refractivity contribution in [3.05, 3.63) is 100.0 Å². The maximum absolute atomic E-state index is 13.4. The summed E-state index contributed by atoms with van der Waals surface area (Å²) < 4.78 is 12.4. The number of nitrogens with one attached hydrogen (secondary N) is 2. The summed E-state index contributed by atoms with van der Waals surface area (Å²) in [4.78, 5) is 51.0. The molecule has 1 aliphatic heterocycles. The van der Waals surface area contributed by atoms with E-state index in [4.69, 9.17) is 9.47 Å². The Balaban J connectivity index is 1.42. The van der Waals surface area contributed by atoms with E-state index in [1.165, 1.54) is 4.57 Å². The van der Waals surface area contributed by atoms with Crippen molar-refractivity contribution in [2.75, 3.05) is 5.32 Å². The molecule has 0 aliphatic carbocycles. The molecular formula is C31H35N3O6. The molecule has 2 aromatic carbocycles. The Labute approximate surface area is 233 Å². The van der Waals surface area contributed by atoms with Gasteiger partial charge in [-0.05, 0) is 42.5 Å². The number of aromatic nitrogens is 1. The fourth-order valence-electron chi connectivity index (χ4n) is 4.53. The summed E-state index contributed by atoms with van der Waals surface area (Å²) in [5.74, 6) is -1.20. The van der Waals surface area contributed by atoms with Crippen molar-refractivity contribution in [2.45, 2.75) is 70.9 Å². The minimum Gasteiger partial charge on any atom is -0.433 e. The topological polar surface area (TPSA) is 116 Å². The molecule has 2 atom stereocenters. The van der Waals surface area contributed by atoms with Gasteiger partial charge in [0.05, 0.1) is 13.0 Å². The molecule has 1 saturated heterocycles. The van der Waals surface area contributed by atoms with Gasteiger partial charge in [-0.25, -0.2) is 0 Å². The monoisotopic (exact) mass is 545 g/mol. The summed E-state index contributed by atoms with van der Waals surface area (Å²) in [6.45, 7) is 2.00. The van der Waals surface area contributed by atoms with E-state index >= 15 is 0 Å². The van der Waals surface area contributed by atoms with Crippen LogP contribution in [-0.2, 0) is 49.9 Å². The second-order valence-corrected chi connectivity index (χ2v) is 9.80. The molecule has 2 N–H and O–H groups in total. The molecule has 40 heavy (non-hydrogen) atoms. The van der Waals surface area contributed by atoms with Crippen LogP contribution >= 0.6 is 0 Å². The fraction of sp³-hybridized carbons (Fsp3) is 0.355. The number of benzene rings is 2. The highest BCUT2D eigenvalue weighted by Gasteiger charge is 2.37. The zero-order valence-corrected chi connectivity index (χ0v) is 22.6. The van der Waals surface area contributed by atoms with Crippen molar-refractivity contribution in [3.8, 4) is 0 Å². The van der Waals surface area contributed by atoms with Gasteiger partial charge in [0.15, 0.2) is 0 Å². The lowest BCUT2D eigenvalue weighted by atomic mass is 10.1. The quantitative estimate of drug-likeness (QED) is 0.316. The van der Waals surface area contributed by atoms with Crippen LogP contribution in [-0.4, -0.2) is 34.7 Å². The molecule has 210 valence electrons. The molecule has 2 heterocycles. The van der Waals surface area contributed by atoms with E-state index in [1.54, 1.807) is 12.1 Å². The highest BCUT2D eigenvalue weighted by Crippen LogP contribution is 2.18. The van der Waals surface area contributed by atoms with Gasteiger partial charge in [0.25, 0.3) is 5.56 Å². The number of carbonyl (C=O) groups is 3. The molecule has 2 amide bonds. The molecular weight excluding hydrogens is 510 g/mol. The number of amides is 2. The molecule has 0 saturated carbocycles. The first-order valence-electron chi connectivity index (χ1n) is 13.6. The van der Waals surface area contributed by atoms with E-state index in [0.29, 0.717) is 18.5 Å². The van der Waals surface area contributed by atoms with E-state index < -0.39 is 29.8 Å². The highest BCUT2D eigenvalue weighted by molar-refractivity contribution is 5.90. The van der Waals surface area contributed by atoms with E-state index in [9.17, 15) is 19.2 Å². The lowest BCUT2D eigenvalue weighted by Gasteiger charge is -2.20. The number of hydrogen-bond donors (Lipinski definition) is 2. The first kappa shape index (κ1) is 28.8. The van der Waals surface area contributed by atoms with Crippen LogP contribution in [0.1, 0.15) is 49.4 Å². The molecule has 1 aromatic heterocycles. The predicted molar refractivity (Wildman–Crippen MR) is 150 cm³/mol. The molecule has 1 fully saturated rings. The van der Waals surface area contributed by atoms with Gasteiger partial charge in [0, 0.05) is 12.1 Å². The van der Waals surface area contributed by atoms with E-state index in [0.717, 1.165) is 24.0 Å². The third kappa shape index (κ3) is 8.13. The van der Waals surface area contributed by atoms with Crippen LogP contribution in [0.25, 0.3) is 0 Å². The van der Waals surface area contributed by atoms with Crippen molar-refractivity contribution in [1.29, 1.82) is 0 Å². The molecule has 0 radical (unpaired) electrons. The van der Waals surface area contributed by atoms with Crippen molar-refractivity contribution < 1.29 is 23.9 Å². The maximum atomic E-state index is 13.4. The summed E-state index contributed by atoms with van der Waals surface area (Å²) in [6.07, 6.45) is 2.18. The number of ether oxygens (including phenoxy) is 2. The van der Waals surface area contributed by atoms with E-state index in [1.807, 2.05) is 67.6 Å². The minimum atomic E-state index is -0.928. The van der Waals surface area contributed by atoms with Crippen LogP contribution < -0.4 is 16.2 Å². The zero-order chi connectivity index (χ0) is 28.3. The van der Waals surface area contributed by atoms with Crippen molar-refractivity contribution in [1.82, 2.24) is 9.88 Å². The van der Waals surface area contributed by atoms with E-state index in [-0.39, 0.29) is 37.6 Å². The summed E-state index contributed by atoms with van der Waals surface area (Å²) in [5, 5.41) is 5.50. The van der Waals surface area contributed by atoms with Crippen LogP contribution in [0.4, 0.5) is 5.69 Å². The Morgan fingerprint density at radius 1 is 0.925 bits per heavy atom. The van der Waals surface area contributed by atoms with Gasteiger partial charge in [0.1, 0.15) is 18.3 Å². The van der Waals surface area contributed by atoms with Crippen LogP contribution in [0.5, 0.6) is 0 Å². The van der Waals surface area contributed by atoms with E-state index in [2.05, 4.69) is 10.6 Å². The third-order valence-electron chi connectivity index (χ3n) is 6.68. The fourth-order valence-corrected chi connectivity index (χ4v) is 4.53. The number of esters is 1. The van der Waals surface area contributed by atoms with Crippen molar-refractivity contribution in [2.24, 2.45) is 0 Å². The SMILES string of the molecule is CCCCc1ccc(NC(=O)CCc2ccccc2)c(=O)n1CC(=O)NC1CC(=O)OC1OCc1ccccc1. The lowest BCUT2D eigenvalue weighted by molar-refractivity contribution is -0.168. The van der Waals surface area contributed by atoms with Crippen molar-refractivity contribution >= 4 is 23.5 Å². The Morgan fingerprint density at radius 3 is 2.33 bits per heavy atom. The molecule has 0 spiro atoms. The Hall–Kier alpha value is -4.24. The summed E-state index contributed by atoms with van der Waals surface area (Å²) in [6, 6.07) is 21.8. The first-order chi connectivity index (χ1) is 19.4. The Morgan fingerprint density at radius 2 is 1.62 bits per heavy atom. The maximum Gasteiger partial charge on any atom is 0.310 e. The number of nitrogens with zero attached hydrogens (tertiary/aromatic N) is 1. The number of carbonyl (C=O) groups excluding carboxylic acids is 3. The molecule has 0 bridgehead atoms. The molecule has 9 heteroatoms. The van der Waals surface area contributed by atoms with Gasteiger partial charge >= 0.3 is 5.97 Å². The van der Waals surface area contributed by atoms with Crippen LogP contribution in [0.2, 0.25) is 0 Å². The largest absolute Gasteiger partial charge is 0.433 e. The summed E-state index contributed by atoms with van der Waals surface area (Å²) >= 11 is 0. The zero-order valence-electron chi connectivity index (χ0n) is 22.6. The third-order valence-corrected chi connectivity index (χ3v) is 6.68. The Bertz CT molecular complexity index is 1360. The minimum absolute atomic E-state index is 0.0275. The number of aryl methyl sites for hydroxylation is 2. The second-order valence-electron chi connectivity index (χ2n) is 9.80. The van der Waals surface area contributed by atoms with Gasteiger partial charge in [-0.2, -0.15) is 0 Å². The van der Waals surface area contributed by atoms with Gasteiger partial charge < -0.3 is 24.7 Å². The standard InChI is InChI=1S/C31H35N3O6/c1-2-3-14-24-16-17-25(32-27(35)18-15-22-10-6-4-7-11-22)30(38)34(24)20-28(36)33-26-19-29(37)40-31(26)39-21-23-12-8-5-9-13-23/h4-13,16-17,26,31H,2-3,14-15,18-21H2,1H3,(H,32,35)(H,33,36). The van der Waals surface area contributed by atoms with Gasteiger partial charge in [0.2, 0.25) is 18.1 Å². The molecule has 3 aromatic rings. The first-order valence-corrected chi connectivity index (χ1v) is 13.6. The van der Waals surface area contributed by atoms with Gasteiger partial charge in [-0.1, -0.05) is 74.0 Å². The van der Waals surface area contributed by atoms with Crippen LogP contribution in [0, 0.1) is 0 Å². The molecule has 2 unspecified atom stereocenters. The average Bonchev–Trinajstić information content (AvgIpc) is 3.31. The van der Waals surface area contributed by atoms with Gasteiger partial charge in [-0.3, -0.25) is 19.2 Å². The molecule has 4 rings (SSSR count). The van der Waals surface area contributed by atoms with Crippen molar-refractivity contribution in [3.63, 3.8) is 0 Å². The number of rotatable bonds is 13. The summed E-state index contributed by atoms with van der Waals surface area (Å²) in [7, 11) is 0. The van der Waals surface area contributed by atoms with Crippen LogP contribution in [0.15, 0.2) is 77.6 Å². The number of hydrogen-bond acceptors (Lipinski definition) is 6. The lowest BCUT2D eigenvalue weighted by Crippen LogP contribution is -2.44. The predicted octanol–water partition coefficient (Wildman–Crippen LogP) is 3.74. The number of cyclic esters (lactones) is 1. The number of pyridine rings is 1. The highest BCUT2D eigenvalue weighted by atomic mass is 16.7. The Kier molecular flexibility index (Phi) is 10.2. The molecule has 9 nitrogen and oxygen atoms in total. The number of anilines is 1. The smallest absolute Gasteiger partial charge is 0.310 e. The molecule has 1 aliphatic rings. The van der Waals surface area contributed by atoms with Gasteiger partial charge in [-0.15, -0.1) is 0 Å². The number of unbranched alkanes of at least 4 members (excludes halogenated alkanes) is 1. The summed E-state index contributed by atoms with van der Waals surface area (Å²) in [5.41, 5.74) is 2.30. The second kappa shape index (κ2) is 14.2. The average molecular weight is 546 g/mol. The van der Waals surface area contributed by atoms with Crippen LogP contribution in [0.3, 0.4) is 0 Å². The normalized spacial score (nSPS) is 16.4.